The molecule has 1 aromatic carbocycles. The SMILES string of the molecule is CN1O[C@H](CNCC(F)F)Cn2nc3c(c2C1=O)CN(C(=O)Nc1ccc(F)c(Cl)c1F)CC3. The van der Waals surface area contributed by atoms with Gasteiger partial charge >= 0.3 is 6.03 Å². The van der Waals surface area contributed by atoms with Gasteiger partial charge < -0.3 is 15.5 Å². The second-order valence-electron chi connectivity index (χ2n) is 7.86. The Balaban J connectivity index is 1.52. The van der Waals surface area contributed by atoms with Crippen molar-refractivity contribution in [2.24, 2.45) is 0 Å². The zero-order valence-electron chi connectivity index (χ0n) is 18.0. The van der Waals surface area contributed by atoms with Crippen LogP contribution in [0, 0.1) is 11.6 Å². The summed E-state index contributed by atoms with van der Waals surface area (Å²) in [5.74, 6) is -2.54. The Morgan fingerprint density at radius 3 is 2.85 bits per heavy atom. The maximum atomic E-state index is 14.2. The smallest absolute Gasteiger partial charge is 0.320 e. The highest BCUT2D eigenvalue weighted by atomic mass is 35.5. The highest BCUT2D eigenvalue weighted by Crippen LogP contribution is 2.28. The van der Waals surface area contributed by atoms with Crippen molar-refractivity contribution >= 4 is 29.2 Å². The average Bonchev–Trinajstić information content (AvgIpc) is 3.09. The summed E-state index contributed by atoms with van der Waals surface area (Å²) < 4.78 is 53.9. The van der Waals surface area contributed by atoms with Crippen LogP contribution in [0.15, 0.2) is 12.1 Å². The van der Waals surface area contributed by atoms with Gasteiger partial charge in [0, 0.05) is 32.1 Å². The van der Waals surface area contributed by atoms with Crippen molar-refractivity contribution < 1.29 is 32.0 Å². The van der Waals surface area contributed by atoms with E-state index in [4.69, 9.17) is 16.4 Å². The molecular formula is C20H21ClF4N6O3. The molecule has 2 aromatic rings. The van der Waals surface area contributed by atoms with E-state index < -0.39 is 47.7 Å². The Morgan fingerprint density at radius 2 is 2.12 bits per heavy atom. The number of urea groups is 1. The Morgan fingerprint density at radius 1 is 1.35 bits per heavy atom. The number of amides is 3. The second kappa shape index (κ2) is 9.76. The lowest BCUT2D eigenvalue weighted by Gasteiger charge is -2.27. The maximum absolute atomic E-state index is 14.2. The largest absolute Gasteiger partial charge is 0.322 e. The number of nitrogens with zero attached hydrogens (tertiary/aromatic N) is 4. The van der Waals surface area contributed by atoms with Gasteiger partial charge in [0.2, 0.25) is 0 Å². The number of benzene rings is 1. The normalized spacial score (nSPS) is 18.1. The highest BCUT2D eigenvalue weighted by Gasteiger charge is 2.35. The number of nitrogens with one attached hydrogen (secondary N) is 2. The molecular weight excluding hydrogens is 484 g/mol. The molecule has 0 saturated heterocycles. The van der Waals surface area contributed by atoms with Gasteiger partial charge in [0.05, 0.1) is 31.0 Å². The lowest BCUT2D eigenvalue weighted by atomic mass is 10.1. The lowest BCUT2D eigenvalue weighted by molar-refractivity contribution is -0.146. The number of anilines is 1. The van der Waals surface area contributed by atoms with Crippen LogP contribution in [0.4, 0.5) is 28.0 Å². The predicted octanol–water partition coefficient (Wildman–Crippen LogP) is 2.65. The van der Waals surface area contributed by atoms with Gasteiger partial charge in [-0.05, 0) is 12.1 Å². The van der Waals surface area contributed by atoms with Crippen molar-refractivity contribution in [1.82, 2.24) is 25.1 Å². The molecule has 0 bridgehead atoms. The number of carbonyl (C=O) groups excluding carboxylic acids is 2. The second-order valence-corrected chi connectivity index (χ2v) is 8.24. The number of fused-ring (bicyclic) bond motifs is 3. The van der Waals surface area contributed by atoms with Crippen LogP contribution in [0.25, 0.3) is 0 Å². The molecule has 184 valence electrons. The van der Waals surface area contributed by atoms with E-state index in [2.05, 4.69) is 15.7 Å². The Bertz CT molecular complexity index is 1110. The van der Waals surface area contributed by atoms with Crippen LogP contribution >= 0.6 is 11.6 Å². The van der Waals surface area contributed by atoms with Gasteiger partial charge in [-0.2, -0.15) is 5.10 Å². The van der Waals surface area contributed by atoms with Gasteiger partial charge in [0.15, 0.2) is 5.82 Å². The summed E-state index contributed by atoms with van der Waals surface area (Å²) in [4.78, 5) is 32.6. The van der Waals surface area contributed by atoms with Gasteiger partial charge in [-0.1, -0.05) is 11.6 Å². The molecule has 0 unspecified atom stereocenters. The fourth-order valence-electron chi connectivity index (χ4n) is 3.89. The molecule has 2 aliphatic heterocycles. The zero-order chi connectivity index (χ0) is 24.6. The van der Waals surface area contributed by atoms with Crippen LogP contribution < -0.4 is 10.6 Å². The third-order valence-corrected chi connectivity index (χ3v) is 5.85. The van der Waals surface area contributed by atoms with Crippen LogP contribution in [-0.4, -0.2) is 70.9 Å². The molecule has 0 aliphatic carbocycles. The van der Waals surface area contributed by atoms with Crippen LogP contribution in [-0.2, 0) is 24.3 Å². The highest BCUT2D eigenvalue weighted by molar-refractivity contribution is 6.31. The summed E-state index contributed by atoms with van der Waals surface area (Å²) >= 11 is 5.57. The number of hydrogen-bond acceptors (Lipinski definition) is 5. The van der Waals surface area contributed by atoms with Gasteiger partial charge in [-0.15, -0.1) is 0 Å². The number of halogens is 5. The third-order valence-electron chi connectivity index (χ3n) is 5.51. The molecule has 0 spiro atoms. The third kappa shape index (κ3) is 4.81. The number of carbonyl (C=O) groups is 2. The molecule has 0 radical (unpaired) electrons. The van der Waals surface area contributed by atoms with Gasteiger partial charge in [-0.25, -0.2) is 27.4 Å². The van der Waals surface area contributed by atoms with E-state index in [0.29, 0.717) is 17.7 Å². The molecule has 2 aliphatic rings. The van der Waals surface area contributed by atoms with Crippen LogP contribution in [0.2, 0.25) is 5.02 Å². The van der Waals surface area contributed by atoms with Crippen molar-refractivity contribution in [2.75, 3.05) is 32.0 Å². The molecule has 3 heterocycles. The quantitative estimate of drug-likeness (QED) is 0.482. The summed E-state index contributed by atoms with van der Waals surface area (Å²) in [6.45, 7) is -0.0387. The molecule has 3 amide bonds. The van der Waals surface area contributed by atoms with E-state index in [-0.39, 0.29) is 37.6 Å². The first-order chi connectivity index (χ1) is 16.2. The molecule has 1 aromatic heterocycles. The fraction of sp³-hybridized carbons (Fsp3) is 0.450. The number of alkyl halides is 2. The summed E-state index contributed by atoms with van der Waals surface area (Å²) in [5, 5.41) is 9.72. The first-order valence-corrected chi connectivity index (χ1v) is 10.7. The number of aromatic nitrogens is 2. The number of hydroxylamine groups is 2. The molecule has 0 saturated carbocycles. The first-order valence-electron chi connectivity index (χ1n) is 10.4. The van der Waals surface area contributed by atoms with E-state index in [1.165, 1.54) is 16.6 Å². The van der Waals surface area contributed by atoms with Crippen LogP contribution in [0.1, 0.15) is 21.7 Å². The molecule has 14 heteroatoms. The van der Waals surface area contributed by atoms with Crippen molar-refractivity contribution in [3.63, 3.8) is 0 Å². The van der Waals surface area contributed by atoms with Crippen molar-refractivity contribution in [2.45, 2.75) is 32.0 Å². The molecule has 2 N–H and O–H groups in total. The Hall–Kier alpha value is -2.90. The van der Waals surface area contributed by atoms with Crippen molar-refractivity contribution in [3.8, 4) is 0 Å². The Kier molecular flexibility index (Phi) is 6.96. The van der Waals surface area contributed by atoms with Crippen molar-refractivity contribution in [1.29, 1.82) is 0 Å². The minimum absolute atomic E-state index is 0.0148. The monoisotopic (exact) mass is 504 g/mol. The number of rotatable bonds is 5. The maximum Gasteiger partial charge on any atom is 0.322 e. The first kappa shape index (κ1) is 24.2. The standard InChI is InChI=1S/C20H21ClF4N6O3/c1-29-19(32)18-11-9-30(20(33)27-14-3-2-12(22)16(21)17(14)25)5-4-13(11)28-31(18)8-10(34-29)6-26-7-15(23)24/h2-3,10,15,26H,4-9H2,1H3,(H,27,33)/t10-/m1/s1. The molecule has 4 rings (SSSR count). The van der Waals surface area contributed by atoms with Gasteiger partial charge in [0.25, 0.3) is 12.3 Å². The predicted molar refractivity (Wildman–Crippen MR) is 113 cm³/mol. The molecule has 34 heavy (non-hydrogen) atoms. The summed E-state index contributed by atoms with van der Waals surface area (Å²) in [5.41, 5.74) is 1.08. The summed E-state index contributed by atoms with van der Waals surface area (Å²) in [6, 6.07) is 1.34. The molecule has 9 nitrogen and oxygen atoms in total. The van der Waals surface area contributed by atoms with E-state index >= 15 is 0 Å². The van der Waals surface area contributed by atoms with Crippen molar-refractivity contribution in [3.05, 3.63) is 45.7 Å². The van der Waals surface area contributed by atoms with Crippen LogP contribution in [0.5, 0.6) is 0 Å². The topological polar surface area (TPSA) is 91.7 Å². The minimum Gasteiger partial charge on any atom is -0.320 e. The summed E-state index contributed by atoms with van der Waals surface area (Å²) in [6.07, 6.45) is -2.81. The van der Waals surface area contributed by atoms with E-state index in [0.717, 1.165) is 17.2 Å². The minimum atomic E-state index is -2.52. The number of hydrogen-bond donors (Lipinski definition) is 2. The molecule has 0 fully saturated rings. The van der Waals surface area contributed by atoms with Gasteiger partial charge in [0.1, 0.15) is 22.6 Å². The lowest BCUT2D eigenvalue weighted by Crippen LogP contribution is -2.40. The van der Waals surface area contributed by atoms with Gasteiger partial charge in [-0.3, -0.25) is 14.3 Å². The zero-order valence-corrected chi connectivity index (χ0v) is 18.7. The Labute approximate surface area is 196 Å². The summed E-state index contributed by atoms with van der Waals surface area (Å²) in [7, 11) is 1.41. The van der Waals surface area contributed by atoms with E-state index in [1.54, 1.807) is 0 Å². The van der Waals surface area contributed by atoms with E-state index in [1.807, 2.05) is 0 Å². The fourth-order valence-corrected chi connectivity index (χ4v) is 4.05. The average molecular weight is 505 g/mol. The van der Waals surface area contributed by atoms with Crippen LogP contribution in [0.3, 0.4) is 0 Å². The molecule has 1 atom stereocenters. The van der Waals surface area contributed by atoms with E-state index in [9.17, 15) is 27.2 Å².